The third-order valence-electron chi connectivity index (χ3n) is 2.37. The molecule has 0 aliphatic carbocycles. The molecule has 2 N–H and O–H groups in total. The molecule has 1 aromatic carbocycles. The molecule has 0 aliphatic heterocycles. The maximum absolute atomic E-state index is 13.2. The van der Waals surface area contributed by atoms with Crippen LogP contribution in [0.5, 0.6) is 0 Å². The Morgan fingerprint density at radius 2 is 2.19 bits per heavy atom. The van der Waals surface area contributed by atoms with Gasteiger partial charge in [-0.3, -0.25) is 4.79 Å². The summed E-state index contributed by atoms with van der Waals surface area (Å²) in [6.45, 7) is 2.16. The molecule has 0 radical (unpaired) electrons. The van der Waals surface area contributed by atoms with Crippen molar-refractivity contribution in [3.63, 3.8) is 0 Å². The van der Waals surface area contributed by atoms with E-state index in [1.165, 1.54) is 6.07 Å². The van der Waals surface area contributed by atoms with Gasteiger partial charge in [-0.2, -0.15) is 0 Å². The number of carboxylic acids is 1. The van der Waals surface area contributed by atoms with Gasteiger partial charge in [0.15, 0.2) is 0 Å². The average Bonchev–Trinajstić information content (AvgIpc) is 2.26. The Hall–Kier alpha value is -1.42. The zero-order valence-electron chi connectivity index (χ0n) is 9.24. The van der Waals surface area contributed by atoms with E-state index in [1.54, 1.807) is 18.2 Å². The molecule has 0 bridgehead atoms. The highest BCUT2D eigenvalue weighted by Gasteiger charge is 2.15. The number of carboxylic acid groups (broad SMARTS) is 1. The molecule has 1 unspecified atom stereocenters. The van der Waals surface area contributed by atoms with Crippen molar-refractivity contribution >= 4 is 5.97 Å². The summed E-state index contributed by atoms with van der Waals surface area (Å²) in [5.41, 5.74) is 0.491. The predicted octanol–water partition coefficient (Wildman–Crippen LogP) is 2.17. The Bertz CT molecular complexity index is 355. The molecule has 0 fully saturated rings. The highest BCUT2D eigenvalue weighted by Crippen LogP contribution is 2.07. The van der Waals surface area contributed by atoms with E-state index in [9.17, 15) is 9.18 Å². The normalized spacial score (nSPS) is 12.4. The van der Waals surface area contributed by atoms with Gasteiger partial charge in [-0.1, -0.05) is 31.5 Å². The van der Waals surface area contributed by atoms with Crippen molar-refractivity contribution < 1.29 is 14.3 Å². The fourth-order valence-corrected chi connectivity index (χ4v) is 1.48. The van der Waals surface area contributed by atoms with Crippen molar-refractivity contribution in [2.24, 2.45) is 0 Å². The molecule has 1 aromatic rings. The first kappa shape index (κ1) is 12.6. The highest BCUT2D eigenvalue weighted by molar-refractivity contribution is 5.73. The summed E-state index contributed by atoms with van der Waals surface area (Å²) in [5.74, 6) is -1.20. The molecule has 16 heavy (non-hydrogen) atoms. The summed E-state index contributed by atoms with van der Waals surface area (Å²) in [6, 6.07) is 5.75. The summed E-state index contributed by atoms with van der Waals surface area (Å²) in [5, 5.41) is 11.7. The highest BCUT2D eigenvalue weighted by atomic mass is 19.1. The summed E-state index contributed by atoms with van der Waals surface area (Å²) < 4.78 is 13.2. The van der Waals surface area contributed by atoms with Crippen LogP contribution >= 0.6 is 0 Å². The van der Waals surface area contributed by atoms with Crippen LogP contribution in [-0.2, 0) is 11.3 Å². The van der Waals surface area contributed by atoms with Gasteiger partial charge in [0, 0.05) is 12.1 Å². The van der Waals surface area contributed by atoms with Gasteiger partial charge < -0.3 is 10.4 Å². The van der Waals surface area contributed by atoms with Crippen LogP contribution in [0.15, 0.2) is 24.3 Å². The van der Waals surface area contributed by atoms with Crippen molar-refractivity contribution in [1.82, 2.24) is 5.32 Å². The largest absolute Gasteiger partial charge is 0.480 e. The molecule has 0 aliphatic rings. The zero-order valence-corrected chi connectivity index (χ0v) is 9.24. The lowest BCUT2D eigenvalue weighted by molar-refractivity contribution is -0.139. The molecule has 1 rings (SSSR count). The molecule has 4 heteroatoms. The molecule has 0 amide bonds. The van der Waals surface area contributed by atoms with Crippen molar-refractivity contribution in [3.8, 4) is 0 Å². The van der Waals surface area contributed by atoms with Gasteiger partial charge in [-0.05, 0) is 12.5 Å². The molecule has 0 spiro atoms. The molecular formula is C12H16FNO2. The van der Waals surface area contributed by atoms with Crippen LogP contribution in [0, 0.1) is 5.82 Å². The monoisotopic (exact) mass is 225 g/mol. The van der Waals surface area contributed by atoms with Crippen LogP contribution in [0.2, 0.25) is 0 Å². The Kier molecular flexibility index (Phi) is 4.92. The summed E-state index contributed by atoms with van der Waals surface area (Å²) >= 11 is 0. The molecule has 0 saturated heterocycles. The fourth-order valence-electron chi connectivity index (χ4n) is 1.48. The van der Waals surface area contributed by atoms with Gasteiger partial charge in [-0.15, -0.1) is 0 Å². The number of hydrogen-bond donors (Lipinski definition) is 2. The number of nitrogens with one attached hydrogen (secondary N) is 1. The molecule has 3 nitrogen and oxygen atoms in total. The number of aliphatic carboxylic acids is 1. The second kappa shape index (κ2) is 6.23. The summed E-state index contributed by atoms with van der Waals surface area (Å²) in [7, 11) is 0. The zero-order chi connectivity index (χ0) is 12.0. The van der Waals surface area contributed by atoms with E-state index in [0.717, 1.165) is 6.42 Å². The lowest BCUT2D eigenvalue weighted by Crippen LogP contribution is -2.36. The third kappa shape index (κ3) is 3.62. The van der Waals surface area contributed by atoms with Crippen LogP contribution in [0.3, 0.4) is 0 Å². The Morgan fingerprint density at radius 3 is 2.75 bits per heavy atom. The van der Waals surface area contributed by atoms with E-state index in [4.69, 9.17) is 5.11 Å². The first-order valence-corrected chi connectivity index (χ1v) is 5.34. The minimum atomic E-state index is -0.891. The van der Waals surface area contributed by atoms with Crippen LogP contribution in [0.4, 0.5) is 4.39 Å². The van der Waals surface area contributed by atoms with Crippen LogP contribution in [0.1, 0.15) is 25.3 Å². The molecule has 88 valence electrons. The standard InChI is InChI=1S/C12H16FNO2/c1-2-5-11(12(15)16)14-8-9-6-3-4-7-10(9)13/h3-4,6-7,11,14H,2,5,8H2,1H3,(H,15,16). The van der Waals surface area contributed by atoms with Crippen molar-refractivity contribution in [2.75, 3.05) is 0 Å². The van der Waals surface area contributed by atoms with Gasteiger partial charge in [-0.25, -0.2) is 4.39 Å². The predicted molar refractivity (Wildman–Crippen MR) is 59.6 cm³/mol. The van der Waals surface area contributed by atoms with E-state index in [-0.39, 0.29) is 12.4 Å². The number of hydrogen-bond acceptors (Lipinski definition) is 2. The maximum Gasteiger partial charge on any atom is 0.320 e. The van der Waals surface area contributed by atoms with Crippen LogP contribution < -0.4 is 5.32 Å². The first-order chi connectivity index (χ1) is 7.65. The van der Waals surface area contributed by atoms with Crippen LogP contribution in [0.25, 0.3) is 0 Å². The lowest BCUT2D eigenvalue weighted by Gasteiger charge is -2.13. The fraction of sp³-hybridized carbons (Fsp3) is 0.417. The van der Waals surface area contributed by atoms with Crippen LogP contribution in [-0.4, -0.2) is 17.1 Å². The number of benzene rings is 1. The van der Waals surface area contributed by atoms with Gasteiger partial charge >= 0.3 is 5.97 Å². The molecule has 1 atom stereocenters. The maximum atomic E-state index is 13.2. The van der Waals surface area contributed by atoms with E-state index in [1.807, 2.05) is 6.92 Å². The molecule has 0 aromatic heterocycles. The summed E-state index contributed by atoms with van der Waals surface area (Å²) in [6.07, 6.45) is 1.32. The third-order valence-corrected chi connectivity index (χ3v) is 2.37. The van der Waals surface area contributed by atoms with Gasteiger partial charge in [0.1, 0.15) is 11.9 Å². The molecule has 0 saturated carbocycles. The first-order valence-electron chi connectivity index (χ1n) is 5.34. The quantitative estimate of drug-likeness (QED) is 0.780. The van der Waals surface area contributed by atoms with E-state index in [2.05, 4.69) is 5.32 Å². The van der Waals surface area contributed by atoms with Gasteiger partial charge in [0.25, 0.3) is 0 Å². The molecule has 0 heterocycles. The van der Waals surface area contributed by atoms with Crippen molar-refractivity contribution in [3.05, 3.63) is 35.6 Å². The Morgan fingerprint density at radius 1 is 1.50 bits per heavy atom. The van der Waals surface area contributed by atoms with Gasteiger partial charge in [0.2, 0.25) is 0 Å². The van der Waals surface area contributed by atoms with E-state index >= 15 is 0 Å². The number of carbonyl (C=O) groups is 1. The van der Waals surface area contributed by atoms with Gasteiger partial charge in [0.05, 0.1) is 0 Å². The smallest absolute Gasteiger partial charge is 0.320 e. The number of rotatable bonds is 6. The summed E-state index contributed by atoms with van der Waals surface area (Å²) in [4.78, 5) is 10.8. The average molecular weight is 225 g/mol. The minimum absolute atomic E-state index is 0.240. The lowest BCUT2D eigenvalue weighted by atomic mass is 10.1. The SMILES string of the molecule is CCCC(NCc1ccccc1F)C(=O)O. The minimum Gasteiger partial charge on any atom is -0.480 e. The van der Waals surface area contributed by atoms with Crippen molar-refractivity contribution in [1.29, 1.82) is 0 Å². The topological polar surface area (TPSA) is 49.3 Å². The number of halogens is 1. The van der Waals surface area contributed by atoms with Crippen molar-refractivity contribution in [2.45, 2.75) is 32.4 Å². The Labute approximate surface area is 94.3 Å². The Balaban J connectivity index is 2.55. The van der Waals surface area contributed by atoms with E-state index in [0.29, 0.717) is 12.0 Å². The van der Waals surface area contributed by atoms with E-state index < -0.39 is 12.0 Å². The second-order valence-corrected chi connectivity index (χ2v) is 3.65. The second-order valence-electron chi connectivity index (χ2n) is 3.65. The molecular weight excluding hydrogens is 209 g/mol.